The van der Waals surface area contributed by atoms with Crippen molar-refractivity contribution in [3.05, 3.63) is 23.4 Å². The van der Waals surface area contributed by atoms with E-state index in [1.54, 1.807) is 26.0 Å². The van der Waals surface area contributed by atoms with Gasteiger partial charge in [-0.1, -0.05) is 25.4 Å². The maximum Gasteiger partial charge on any atom is 0.280 e. The minimum atomic E-state index is -3.90. The number of pyridine rings is 1. The van der Waals surface area contributed by atoms with Gasteiger partial charge in [0.1, 0.15) is 6.10 Å². The molecule has 2 heterocycles. The predicted molar refractivity (Wildman–Crippen MR) is 90.2 cm³/mol. The molecule has 1 atom stereocenters. The van der Waals surface area contributed by atoms with Gasteiger partial charge in [-0.05, 0) is 24.8 Å². The summed E-state index contributed by atoms with van der Waals surface area (Å²) < 4.78 is 33.9. The SMILES string of the molecule is CC(C)[C@@H](NS(=O)(=O)N1CCC(Oc2ccc(Cl)cn2)CC1)C(=O)[O-]. The first-order valence-electron chi connectivity index (χ1n) is 7.95. The van der Waals surface area contributed by atoms with Gasteiger partial charge in [0.25, 0.3) is 10.2 Å². The van der Waals surface area contributed by atoms with Gasteiger partial charge in [0.05, 0.1) is 17.0 Å². The molecule has 0 radical (unpaired) electrons. The average molecular weight is 391 g/mol. The summed E-state index contributed by atoms with van der Waals surface area (Å²) in [6.07, 6.45) is 2.26. The number of nitrogens with zero attached hydrogens (tertiary/aromatic N) is 2. The zero-order valence-electron chi connectivity index (χ0n) is 14.0. The minimum absolute atomic E-state index is 0.165. The van der Waals surface area contributed by atoms with Crippen molar-refractivity contribution in [2.45, 2.75) is 38.8 Å². The number of carboxylic acid groups (broad SMARTS) is 1. The van der Waals surface area contributed by atoms with Crippen LogP contribution in [0.2, 0.25) is 5.02 Å². The molecular weight excluding hydrogens is 370 g/mol. The number of ether oxygens (including phenoxy) is 1. The molecule has 0 bridgehead atoms. The number of hydrogen-bond donors (Lipinski definition) is 1. The van der Waals surface area contributed by atoms with Gasteiger partial charge in [-0.25, -0.2) is 4.98 Å². The van der Waals surface area contributed by atoms with Gasteiger partial charge in [-0.15, -0.1) is 0 Å². The monoisotopic (exact) mass is 390 g/mol. The number of halogens is 1. The molecule has 8 nitrogen and oxygen atoms in total. The van der Waals surface area contributed by atoms with Crippen molar-refractivity contribution in [1.82, 2.24) is 14.0 Å². The molecule has 1 N–H and O–H groups in total. The second-order valence-electron chi connectivity index (χ2n) is 6.19. The largest absolute Gasteiger partial charge is 0.548 e. The Morgan fingerprint density at radius 1 is 1.40 bits per heavy atom. The number of piperidine rings is 1. The highest BCUT2D eigenvalue weighted by atomic mass is 35.5. The maximum atomic E-state index is 12.4. The summed E-state index contributed by atoms with van der Waals surface area (Å²) in [5, 5.41) is 11.6. The van der Waals surface area contributed by atoms with Crippen LogP contribution in [-0.4, -0.2) is 48.9 Å². The molecule has 1 aliphatic heterocycles. The van der Waals surface area contributed by atoms with Crippen molar-refractivity contribution >= 4 is 27.8 Å². The van der Waals surface area contributed by atoms with Crippen LogP contribution in [0, 0.1) is 5.92 Å². The third-order valence-corrected chi connectivity index (χ3v) is 5.75. The quantitative estimate of drug-likeness (QED) is 0.711. The lowest BCUT2D eigenvalue weighted by Crippen LogP contribution is -2.56. The second-order valence-corrected chi connectivity index (χ2v) is 8.33. The third-order valence-electron chi connectivity index (χ3n) is 3.93. The number of hydrogen-bond acceptors (Lipinski definition) is 6. The second kappa shape index (κ2) is 8.31. The Hall–Kier alpha value is -1.42. The average Bonchev–Trinajstić information content (AvgIpc) is 2.55. The summed E-state index contributed by atoms with van der Waals surface area (Å²) in [6.45, 7) is 3.68. The minimum Gasteiger partial charge on any atom is -0.548 e. The molecule has 0 aromatic carbocycles. The highest BCUT2D eigenvalue weighted by Gasteiger charge is 2.31. The lowest BCUT2D eigenvalue weighted by Gasteiger charge is -2.33. The number of nitrogens with one attached hydrogen (secondary N) is 1. The first-order valence-corrected chi connectivity index (χ1v) is 9.77. The molecule has 0 saturated carbocycles. The Balaban J connectivity index is 1.91. The highest BCUT2D eigenvalue weighted by Crippen LogP contribution is 2.20. The van der Waals surface area contributed by atoms with Crippen LogP contribution in [0.4, 0.5) is 0 Å². The Morgan fingerprint density at radius 3 is 2.52 bits per heavy atom. The van der Waals surface area contributed by atoms with E-state index in [2.05, 4.69) is 9.71 Å². The lowest BCUT2D eigenvalue weighted by atomic mass is 10.1. The van der Waals surface area contributed by atoms with Crippen LogP contribution >= 0.6 is 11.6 Å². The van der Waals surface area contributed by atoms with Gasteiger partial charge in [-0.3, -0.25) is 0 Å². The van der Waals surface area contributed by atoms with E-state index in [1.165, 1.54) is 10.5 Å². The van der Waals surface area contributed by atoms with E-state index in [1.807, 2.05) is 0 Å². The molecular formula is C15H21ClN3O5S-. The first-order chi connectivity index (χ1) is 11.7. The summed E-state index contributed by atoms with van der Waals surface area (Å²) in [6, 6.07) is 2.05. The van der Waals surface area contributed by atoms with Gasteiger partial charge in [0.2, 0.25) is 5.88 Å². The maximum absolute atomic E-state index is 12.4. The topological polar surface area (TPSA) is 112 Å². The van der Waals surface area contributed by atoms with Crippen molar-refractivity contribution in [3.63, 3.8) is 0 Å². The number of aliphatic carboxylic acids is 1. The third kappa shape index (κ3) is 5.53. The van der Waals surface area contributed by atoms with E-state index in [0.717, 1.165) is 0 Å². The Bertz CT molecular complexity index is 688. The van der Waals surface area contributed by atoms with Crippen molar-refractivity contribution in [2.24, 2.45) is 5.92 Å². The molecule has 0 aliphatic carbocycles. The van der Waals surface area contributed by atoms with Gasteiger partial charge < -0.3 is 14.6 Å². The molecule has 10 heteroatoms. The van der Waals surface area contributed by atoms with Gasteiger partial charge >= 0.3 is 0 Å². The highest BCUT2D eigenvalue weighted by molar-refractivity contribution is 7.87. The summed E-state index contributed by atoms with van der Waals surface area (Å²) in [7, 11) is -3.90. The van der Waals surface area contributed by atoms with Crippen LogP contribution < -0.4 is 14.6 Å². The van der Waals surface area contributed by atoms with E-state index in [-0.39, 0.29) is 19.2 Å². The lowest BCUT2D eigenvalue weighted by molar-refractivity contribution is -0.309. The molecule has 1 saturated heterocycles. The Morgan fingerprint density at radius 2 is 2.04 bits per heavy atom. The smallest absolute Gasteiger partial charge is 0.280 e. The van der Waals surface area contributed by atoms with Crippen molar-refractivity contribution in [1.29, 1.82) is 0 Å². The van der Waals surface area contributed by atoms with Crippen LogP contribution in [0.1, 0.15) is 26.7 Å². The zero-order chi connectivity index (χ0) is 18.6. The summed E-state index contributed by atoms with van der Waals surface area (Å²) in [5.74, 6) is -1.43. The van der Waals surface area contributed by atoms with Crippen molar-refractivity contribution < 1.29 is 23.1 Å². The van der Waals surface area contributed by atoms with Crippen molar-refractivity contribution in [2.75, 3.05) is 13.1 Å². The van der Waals surface area contributed by atoms with Gasteiger partial charge in [-0.2, -0.15) is 17.4 Å². The number of carboxylic acids is 1. The van der Waals surface area contributed by atoms with E-state index < -0.39 is 28.1 Å². The van der Waals surface area contributed by atoms with E-state index in [4.69, 9.17) is 16.3 Å². The zero-order valence-corrected chi connectivity index (χ0v) is 15.6. The predicted octanol–water partition coefficient (Wildman–Crippen LogP) is 0.187. The molecule has 1 fully saturated rings. The van der Waals surface area contributed by atoms with Crippen molar-refractivity contribution in [3.8, 4) is 5.88 Å². The summed E-state index contributed by atoms with van der Waals surface area (Å²) in [4.78, 5) is 15.1. The standard InChI is InChI=1S/C15H22ClN3O5S/c1-10(2)14(15(20)21)18-25(22,23)19-7-5-12(6-8-19)24-13-4-3-11(16)9-17-13/h3-4,9-10,12,14,18H,5-8H2,1-2H3,(H,20,21)/p-1/t14-/m1/s1. The molecule has 0 amide bonds. The molecule has 1 aromatic heterocycles. The van der Waals surface area contributed by atoms with E-state index >= 15 is 0 Å². The van der Waals surface area contributed by atoms with E-state index in [0.29, 0.717) is 23.7 Å². The fourth-order valence-electron chi connectivity index (χ4n) is 2.48. The fraction of sp³-hybridized carbons (Fsp3) is 0.600. The number of carbonyl (C=O) groups is 1. The summed E-state index contributed by atoms with van der Waals surface area (Å²) >= 11 is 5.77. The normalized spacial score (nSPS) is 18.2. The number of carbonyl (C=O) groups excluding carboxylic acids is 1. The first kappa shape index (κ1) is 19.9. The van der Waals surface area contributed by atoms with Crippen LogP contribution in [-0.2, 0) is 15.0 Å². The van der Waals surface area contributed by atoms with Crippen LogP contribution in [0.5, 0.6) is 5.88 Å². The molecule has 2 rings (SSSR count). The van der Waals surface area contributed by atoms with Crippen LogP contribution in [0.15, 0.2) is 18.3 Å². The molecule has 0 unspecified atom stereocenters. The Kier molecular flexibility index (Phi) is 6.61. The number of aromatic nitrogens is 1. The Labute approximate surface area is 152 Å². The van der Waals surface area contributed by atoms with Gasteiger partial charge in [0.15, 0.2) is 0 Å². The van der Waals surface area contributed by atoms with Gasteiger partial charge in [0, 0.05) is 25.4 Å². The molecule has 1 aliphatic rings. The molecule has 1 aromatic rings. The number of rotatable bonds is 7. The van der Waals surface area contributed by atoms with E-state index in [9.17, 15) is 18.3 Å². The van der Waals surface area contributed by atoms with Crippen LogP contribution in [0.25, 0.3) is 0 Å². The fourth-order valence-corrected chi connectivity index (χ4v) is 4.13. The summed E-state index contributed by atoms with van der Waals surface area (Å²) in [5.41, 5.74) is 0. The van der Waals surface area contributed by atoms with Crippen LogP contribution in [0.3, 0.4) is 0 Å². The molecule has 0 spiro atoms. The molecule has 25 heavy (non-hydrogen) atoms. The molecule has 140 valence electrons.